The van der Waals surface area contributed by atoms with Crippen molar-refractivity contribution in [3.63, 3.8) is 0 Å². The van der Waals surface area contributed by atoms with E-state index in [4.69, 9.17) is 23.2 Å². The van der Waals surface area contributed by atoms with Crippen LogP contribution in [0.15, 0.2) is 217 Å². The number of hydrogen-bond donors (Lipinski definition) is 0. The number of fused-ring (bicyclic) bond motifs is 7. The standard InChI is InChI=1S/C61H38N4O2.Pt/c1-39-38-62-59(37-50(39)42-21-9-4-10-22-42)64-55-27-15-12-24-47(55)48-32-30-44(36-57(48)64)66-45-34-51-49-31-29-43(40-17-5-2-6-18-40)33-58(49)67-60(51)52(35-45)61-63-53-25-13-16-28-56(53)65(61)54-26-14-11-23-46(54)41-19-7-3-8-20-41;/h2-34,37-38H,1H3;/q-2;+2/i1D3;. The average Bonchev–Trinajstić information content (AvgIpc) is 4.08. The zero-order valence-electron chi connectivity index (χ0n) is 39.1. The third-order valence-electron chi connectivity index (χ3n) is 12.6. The largest absolute Gasteiger partial charge is 2.00 e. The molecule has 0 N–H and O–H groups in total. The minimum Gasteiger partial charge on any atom is -0.503 e. The second-order valence-corrected chi connectivity index (χ2v) is 16.6. The molecular formula is C61H38N4O2Pt. The zero-order chi connectivity index (χ0) is 46.9. The van der Waals surface area contributed by atoms with Crippen molar-refractivity contribution in [3.8, 4) is 67.8 Å². The second-order valence-electron chi connectivity index (χ2n) is 16.6. The van der Waals surface area contributed by atoms with E-state index in [2.05, 4.69) is 108 Å². The zero-order valence-corrected chi connectivity index (χ0v) is 38.4. The van der Waals surface area contributed by atoms with Crippen molar-refractivity contribution in [2.24, 2.45) is 0 Å². The van der Waals surface area contributed by atoms with E-state index in [0.29, 0.717) is 39.9 Å². The molecule has 0 saturated heterocycles. The van der Waals surface area contributed by atoms with Crippen LogP contribution < -0.4 is 4.74 Å². The monoisotopic (exact) mass is 1060 g/mol. The molecule has 0 unspecified atom stereocenters. The number of imidazole rings is 1. The quantitative estimate of drug-likeness (QED) is 0.142. The third kappa shape index (κ3) is 6.92. The third-order valence-corrected chi connectivity index (χ3v) is 12.6. The molecule has 7 heteroatoms. The Morgan fingerprint density at radius 3 is 2.00 bits per heavy atom. The number of para-hydroxylation sites is 4. The van der Waals surface area contributed by atoms with Gasteiger partial charge in [-0.25, -0.2) is 4.98 Å². The van der Waals surface area contributed by atoms with Crippen LogP contribution >= 0.6 is 0 Å². The molecule has 0 aliphatic rings. The molecule has 0 saturated carbocycles. The molecule has 0 radical (unpaired) electrons. The van der Waals surface area contributed by atoms with Crippen LogP contribution in [-0.2, 0) is 21.1 Å². The number of nitrogens with zero attached hydrogens (tertiary/aromatic N) is 4. The van der Waals surface area contributed by atoms with E-state index < -0.39 is 6.85 Å². The fourth-order valence-electron chi connectivity index (χ4n) is 9.50. The summed E-state index contributed by atoms with van der Waals surface area (Å²) in [5.41, 5.74) is 12.1. The normalized spacial score (nSPS) is 12.3. The van der Waals surface area contributed by atoms with E-state index in [0.717, 1.165) is 82.7 Å². The van der Waals surface area contributed by atoms with Crippen molar-refractivity contribution in [2.75, 3.05) is 0 Å². The van der Waals surface area contributed by atoms with Gasteiger partial charge in [0.05, 0.1) is 22.4 Å². The molecule has 0 aliphatic carbocycles. The minimum absolute atomic E-state index is 0. The Kier molecular flexibility index (Phi) is 9.38. The first-order valence-electron chi connectivity index (χ1n) is 23.6. The van der Waals surface area contributed by atoms with Gasteiger partial charge in [0.2, 0.25) is 0 Å². The Morgan fingerprint density at radius 2 is 1.21 bits per heavy atom. The molecule has 4 heterocycles. The van der Waals surface area contributed by atoms with Crippen LogP contribution in [-0.4, -0.2) is 19.1 Å². The summed E-state index contributed by atoms with van der Waals surface area (Å²) < 4.78 is 43.2. The van der Waals surface area contributed by atoms with E-state index in [-0.39, 0.29) is 26.6 Å². The van der Waals surface area contributed by atoms with Gasteiger partial charge in [0.15, 0.2) is 0 Å². The fourth-order valence-corrected chi connectivity index (χ4v) is 9.50. The summed E-state index contributed by atoms with van der Waals surface area (Å²) in [7, 11) is 0. The van der Waals surface area contributed by atoms with Crippen LogP contribution in [0.1, 0.15) is 9.68 Å². The van der Waals surface area contributed by atoms with Crippen LogP contribution in [0.5, 0.6) is 11.5 Å². The van der Waals surface area contributed by atoms with Crippen LogP contribution in [0.3, 0.4) is 0 Å². The number of hydrogen-bond acceptors (Lipinski definition) is 4. The van der Waals surface area contributed by atoms with E-state index in [1.54, 1.807) is 0 Å². The molecule has 13 aromatic rings. The predicted octanol–water partition coefficient (Wildman–Crippen LogP) is 15.8. The molecule has 68 heavy (non-hydrogen) atoms. The Balaban J connectivity index is 0.00000517. The molecule has 0 spiro atoms. The number of aromatic nitrogens is 4. The number of benzene rings is 9. The minimum atomic E-state index is -2.37. The van der Waals surface area contributed by atoms with Crippen molar-refractivity contribution in [1.82, 2.24) is 19.1 Å². The van der Waals surface area contributed by atoms with E-state index >= 15 is 0 Å². The molecule has 0 atom stereocenters. The van der Waals surface area contributed by atoms with Gasteiger partial charge in [0, 0.05) is 44.0 Å². The molecule has 6 nitrogen and oxygen atoms in total. The summed E-state index contributed by atoms with van der Waals surface area (Å²) in [6.07, 6.45) is 1.47. The fraction of sp³-hybridized carbons (Fsp3) is 0.0164. The van der Waals surface area contributed by atoms with E-state index in [1.807, 2.05) is 120 Å². The van der Waals surface area contributed by atoms with Crippen LogP contribution in [0.25, 0.3) is 111 Å². The molecule has 4 aromatic heterocycles. The number of aryl methyl sites for hydroxylation is 1. The first-order valence-corrected chi connectivity index (χ1v) is 22.1. The number of ether oxygens (including phenoxy) is 1. The molecule has 0 aliphatic heterocycles. The van der Waals surface area contributed by atoms with Gasteiger partial charge in [-0.05, 0) is 82.0 Å². The summed E-state index contributed by atoms with van der Waals surface area (Å²) in [6.45, 7) is -2.37. The maximum Gasteiger partial charge on any atom is 2.00 e. The molecule has 13 rings (SSSR count). The van der Waals surface area contributed by atoms with Gasteiger partial charge in [-0.1, -0.05) is 180 Å². The molecule has 0 fully saturated rings. The van der Waals surface area contributed by atoms with Crippen LogP contribution in [0.2, 0.25) is 0 Å². The smallest absolute Gasteiger partial charge is 0.503 e. The number of furan rings is 1. The van der Waals surface area contributed by atoms with Gasteiger partial charge in [-0.15, -0.1) is 17.5 Å². The van der Waals surface area contributed by atoms with Crippen molar-refractivity contribution >= 4 is 54.8 Å². The predicted molar refractivity (Wildman–Crippen MR) is 271 cm³/mol. The van der Waals surface area contributed by atoms with Crippen LogP contribution in [0.4, 0.5) is 0 Å². The van der Waals surface area contributed by atoms with Gasteiger partial charge in [-0.2, -0.15) is 6.07 Å². The van der Waals surface area contributed by atoms with E-state index in [1.165, 1.54) is 6.20 Å². The summed E-state index contributed by atoms with van der Waals surface area (Å²) in [5, 5.41) is 3.69. The number of pyridine rings is 1. The summed E-state index contributed by atoms with van der Waals surface area (Å²) in [5.74, 6) is 2.08. The van der Waals surface area contributed by atoms with Crippen molar-refractivity contribution in [3.05, 3.63) is 230 Å². The van der Waals surface area contributed by atoms with Crippen molar-refractivity contribution in [1.29, 1.82) is 0 Å². The maximum atomic E-state index is 8.38. The topological polar surface area (TPSA) is 58.0 Å². The first-order chi connectivity index (χ1) is 34.3. The number of rotatable bonds is 8. The van der Waals surface area contributed by atoms with Gasteiger partial charge in [-0.3, -0.25) is 4.98 Å². The Morgan fingerprint density at radius 1 is 0.529 bits per heavy atom. The van der Waals surface area contributed by atoms with Crippen molar-refractivity contribution < 1.29 is 34.3 Å². The second kappa shape index (κ2) is 16.8. The summed E-state index contributed by atoms with van der Waals surface area (Å²) >= 11 is 0. The Labute approximate surface area is 410 Å². The molecule has 9 aromatic carbocycles. The molecule has 0 bridgehead atoms. The van der Waals surface area contributed by atoms with Crippen LogP contribution in [0, 0.1) is 19.0 Å². The summed E-state index contributed by atoms with van der Waals surface area (Å²) in [6, 6.07) is 76.2. The SMILES string of the molecule is [2H]C([2H])([2H])c1cnc(-n2c3[c-]c(Oc4[c-]c(-c5nc6ccccc6n5-c5ccccc5-c5ccccc5)c5oc6cc(-c7ccccc7)ccc6c5c4)ccc3c3ccccc32)cc1-c1ccccc1.[Pt+2]. The molecular weight excluding hydrogens is 1020 g/mol. The Bertz CT molecular complexity index is 4150. The van der Waals surface area contributed by atoms with Gasteiger partial charge >= 0.3 is 21.1 Å². The van der Waals surface area contributed by atoms with Crippen molar-refractivity contribution in [2.45, 2.75) is 6.85 Å². The van der Waals surface area contributed by atoms with Gasteiger partial charge in [0.25, 0.3) is 0 Å². The molecule has 324 valence electrons. The maximum absolute atomic E-state index is 8.38. The van der Waals surface area contributed by atoms with E-state index in [9.17, 15) is 0 Å². The average molecular weight is 1060 g/mol. The van der Waals surface area contributed by atoms with Gasteiger partial charge in [0.1, 0.15) is 11.4 Å². The molecule has 0 amide bonds. The Hall–Kier alpha value is -8.31. The first kappa shape index (κ1) is 37.9. The summed E-state index contributed by atoms with van der Waals surface area (Å²) in [4.78, 5) is 10.2. The van der Waals surface area contributed by atoms with Gasteiger partial charge < -0.3 is 18.3 Å².